The zero-order valence-electron chi connectivity index (χ0n) is 9.25. The topological polar surface area (TPSA) is 46.9 Å². The van der Waals surface area contributed by atoms with E-state index in [0.717, 1.165) is 11.8 Å². The van der Waals surface area contributed by atoms with Gasteiger partial charge < -0.3 is 5.32 Å². The molecule has 0 spiro atoms. The van der Waals surface area contributed by atoms with Gasteiger partial charge in [-0.1, -0.05) is 22.9 Å². The minimum absolute atomic E-state index is 0.0769. The molecule has 0 aliphatic heterocycles. The molecule has 0 radical (unpaired) electrons. The number of carbonyl (C=O) groups excluding carboxylic acids is 1. The molecule has 15 heavy (non-hydrogen) atoms. The van der Waals surface area contributed by atoms with Crippen LogP contribution in [-0.2, 0) is 7.05 Å². The van der Waals surface area contributed by atoms with Crippen molar-refractivity contribution in [3.63, 3.8) is 0 Å². The minimum Gasteiger partial charge on any atom is -0.346 e. The van der Waals surface area contributed by atoms with Gasteiger partial charge in [-0.05, 0) is 13.3 Å². The summed E-state index contributed by atoms with van der Waals surface area (Å²) in [5, 5.41) is 7.69. The Kier molecular flexibility index (Phi) is 3.90. The number of hydrogen-bond acceptors (Lipinski definition) is 2. The number of amides is 1. The zero-order chi connectivity index (χ0) is 11.5. The Bertz CT molecular complexity index is 344. The number of aromatic nitrogens is 2. The molecule has 0 bridgehead atoms. The number of rotatable bonds is 4. The number of alkyl halides is 1. The van der Waals surface area contributed by atoms with Crippen LogP contribution in [0.5, 0.6) is 0 Å². The van der Waals surface area contributed by atoms with Crippen LogP contribution in [0.2, 0.25) is 0 Å². The van der Waals surface area contributed by atoms with E-state index < -0.39 is 0 Å². The van der Waals surface area contributed by atoms with Gasteiger partial charge in [-0.25, -0.2) is 0 Å². The van der Waals surface area contributed by atoms with Crippen LogP contribution in [0.15, 0.2) is 12.4 Å². The van der Waals surface area contributed by atoms with Crippen molar-refractivity contribution in [3.8, 4) is 0 Å². The van der Waals surface area contributed by atoms with E-state index in [0.29, 0.717) is 5.56 Å². The van der Waals surface area contributed by atoms with Gasteiger partial charge in [-0.15, -0.1) is 0 Å². The van der Waals surface area contributed by atoms with Crippen LogP contribution in [0.25, 0.3) is 0 Å². The molecule has 0 fully saturated rings. The fourth-order valence-electron chi connectivity index (χ4n) is 1.10. The summed E-state index contributed by atoms with van der Waals surface area (Å²) in [6.45, 7) is 4.06. The minimum atomic E-state index is -0.201. The summed E-state index contributed by atoms with van der Waals surface area (Å²) < 4.78 is 1.62. The summed E-state index contributed by atoms with van der Waals surface area (Å²) in [6.07, 6.45) is 4.16. The van der Waals surface area contributed by atoms with Crippen LogP contribution >= 0.6 is 15.9 Å². The largest absolute Gasteiger partial charge is 0.346 e. The maximum Gasteiger partial charge on any atom is 0.254 e. The first kappa shape index (κ1) is 12.2. The van der Waals surface area contributed by atoms with E-state index in [1.54, 1.807) is 24.1 Å². The first-order valence-electron chi connectivity index (χ1n) is 4.88. The van der Waals surface area contributed by atoms with Gasteiger partial charge in [-0.2, -0.15) is 5.10 Å². The Morgan fingerprint density at radius 3 is 2.80 bits per heavy atom. The number of nitrogens with one attached hydrogen (secondary N) is 1. The molecule has 1 rings (SSSR count). The number of nitrogens with zero attached hydrogens (tertiary/aromatic N) is 2. The second-order valence-corrected chi connectivity index (χ2v) is 4.47. The van der Waals surface area contributed by atoms with Gasteiger partial charge in [0.05, 0.1) is 11.8 Å². The quantitative estimate of drug-likeness (QED) is 0.850. The van der Waals surface area contributed by atoms with E-state index in [1.165, 1.54) is 0 Å². The normalized spacial score (nSPS) is 14.7. The third-order valence-electron chi connectivity index (χ3n) is 2.46. The molecule has 1 amide bonds. The molecule has 84 valence electrons. The molecule has 0 saturated carbocycles. The fraction of sp³-hybridized carbons (Fsp3) is 0.600. The first-order valence-corrected chi connectivity index (χ1v) is 6.00. The maximum atomic E-state index is 11.8. The Morgan fingerprint density at radius 2 is 2.40 bits per heavy atom. The van der Waals surface area contributed by atoms with Crippen molar-refractivity contribution in [2.24, 2.45) is 7.05 Å². The van der Waals surface area contributed by atoms with E-state index in [-0.39, 0.29) is 11.4 Å². The van der Waals surface area contributed by atoms with Crippen molar-refractivity contribution in [2.45, 2.75) is 25.8 Å². The lowest BCUT2D eigenvalue weighted by molar-refractivity contribution is 0.0913. The van der Waals surface area contributed by atoms with Crippen molar-refractivity contribution < 1.29 is 4.79 Å². The van der Waals surface area contributed by atoms with E-state index in [2.05, 4.69) is 26.3 Å². The highest BCUT2D eigenvalue weighted by molar-refractivity contribution is 9.09. The predicted octanol–water partition coefficient (Wildman–Crippen LogP) is 1.71. The molecule has 1 heterocycles. The van der Waals surface area contributed by atoms with E-state index >= 15 is 0 Å². The third-order valence-corrected chi connectivity index (χ3v) is 3.70. The summed E-state index contributed by atoms with van der Waals surface area (Å²) in [5.41, 5.74) is 0.394. The van der Waals surface area contributed by atoms with Gasteiger partial charge in [0.25, 0.3) is 5.91 Å². The molecule has 1 N–H and O–H groups in total. The SMILES string of the molecule is CCC(C)(CBr)NC(=O)c1cnn(C)c1. The van der Waals surface area contributed by atoms with Crippen molar-refractivity contribution in [3.05, 3.63) is 18.0 Å². The van der Waals surface area contributed by atoms with Crippen molar-refractivity contribution >= 4 is 21.8 Å². The highest BCUT2D eigenvalue weighted by atomic mass is 79.9. The van der Waals surface area contributed by atoms with E-state index in [9.17, 15) is 4.79 Å². The van der Waals surface area contributed by atoms with Crippen LogP contribution < -0.4 is 5.32 Å². The van der Waals surface area contributed by atoms with Crippen LogP contribution in [0.1, 0.15) is 30.6 Å². The molecule has 0 aliphatic carbocycles. The Morgan fingerprint density at radius 1 is 1.73 bits per heavy atom. The second kappa shape index (κ2) is 4.79. The molecule has 1 aromatic heterocycles. The van der Waals surface area contributed by atoms with Gasteiger partial charge in [-0.3, -0.25) is 9.48 Å². The van der Waals surface area contributed by atoms with Crippen LogP contribution in [0.4, 0.5) is 0 Å². The average Bonchev–Trinajstić information content (AvgIpc) is 2.65. The van der Waals surface area contributed by atoms with Crippen LogP contribution in [-0.4, -0.2) is 26.6 Å². The molecular formula is C10H16BrN3O. The van der Waals surface area contributed by atoms with Crippen molar-refractivity contribution in [2.75, 3.05) is 5.33 Å². The standard InChI is InChI=1S/C10H16BrN3O/c1-4-10(2,7-11)13-9(15)8-5-12-14(3)6-8/h5-6H,4,7H2,1-3H3,(H,13,15). The van der Waals surface area contributed by atoms with Crippen LogP contribution in [0.3, 0.4) is 0 Å². The molecule has 1 aromatic rings. The highest BCUT2D eigenvalue weighted by Crippen LogP contribution is 2.13. The molecule has 0 aromatic carbocycles. The molecular weight excluding hydrogens is 258 g/mol. The maximum absolute atomic E-state index is 11.8. The van der Waals surface area contributed by atoms with Gasteiger partial charge in [0.2, 0.25) is 0 Å². The van der Waals surface area contributed by atoms with Gasteiger partial charge >= 0.3 is 0 Å². The number of carbonyl (C=O) groups is 1. The Labute approximate surface area is 98.2 Å². The summed E-state index contributed by atoms with van der Waals surface area (Å²) in [6, 6.07) is 0. The molecule has 1 unspecified atom stereocenters. The highest BCUT2D eigenvalue weighted by Gasteiger charge is 2.23. The first-order chi connectivity index (χ1) is 7.00. The molecule has 0 saturated heterocycles. The summed E-state index contributed by atoms with van der Waals surface area (Å²) in [5.74, 6) is -0.0769. The predicted molar refractivity (Wildman–Crippen MR) is 63.2 cm³/mol. The summed E-state index contributed by atoms with van der Waals surface area (Å²) >= 11 is 3.40. The Hall–Kier alpha value is -0.840. The second-order valence-electron chi connectivity index (χ2n) is 3.90. The lowest BCUT2D eigenvalue weighted by atomic mass is 10.0. The Balaban J connectivity index is 2.71. The third kappa shape index (κ3) is 3.06. The monoisotopic (exact) mass is 273 g/mol. The number of hydrogen-bond donors (Lipinski definition) is 1. The number of halogens is 1. The average molecular weight is 274 g/mol. The van der Waals surface area contributed by atoms with Crippen molar-refractivity contribution in [1.82, 2.24) is 15.1 Å². The van der Waals surface area contributed by atoms with E-state index in [1.807, 2.05) is 13.8 Å². The lowest BCUT2D eigenvalue weighted by Crippen LogP contribution is -2.46. The smallest absolute Gasteiger partial charge is 0.254 e. The lowest BCUT2D eigenvalue weighted by Gasteiger charge is -2.26. The summed E-state index contributed by atoms with van der Waals surface area (Å²) in [4.78, 5) is 11.8. The molecule has 4 nitrogen and oxygen atoms in total. The van der Waals surface area contributed by atoms with E-state index in [4.69, 9.17) is 0 Å². The van der Waals surface area contributed by atoms with Crippen molar-refractivity contribution in [1.29, 1.82) is 0 Å². The van der Waals surface area contributed by atoms with Gasteiger partial charge in [0.1, 0.15) is 0 Å². The molecule has 0 aliphatic rings. The summed E-state index contributed by atoms with van der Waals surface area (Å²) in [7, 11) is 1.79. The zero-order valence-corrected chi connectivity index (χ0v) is 10.8. The molecule has 5 heteroatoms. The van der Waals surface area contributed by atoms with Crippen LogP contribution in [0, 0.1) is 0 Å². The van der Waals surface area contributed by atoms with Gasteiger partial charge in [0.15, 0.2) is 0 Å². The number of aryl methyl sites for hydroxylation is 1. The van der Waals surface area contributed by atoms with Gasteiger partial charge in [0, 0.05) is 24.1 Å². The fourth-order valence-corrected chi connectivity index (χ4v) is 1.64. The molecule has 1 atom stereocenters.